The number of halogens is 1. The Morgan fingerprint density at radius 2 is 1.90 bits per heavy atom. The number of nitrogen functional groups attached to an aromatic ring is 1. The molecule has 0 unspecified atom stereocenters. The van der Waals surface area contributed by atoms with Gasteiger partial charge in [0.1, 0.15) is 0 Å². The van der Waals surface area contributed by atoms with Gasteiger partial charge in [0.25, 0.3) is 0 Å². The topological polar surface area (TPSA) is 66.6 Å². The second kappa shape index (κ2) is 6.43. The highest BCUT2D eigenvalue weighted by Crippen LogP contribution is 2.25. The minimum atomic E-state index is -3.28. The summed E-state index contributed by atoms with van der Waals surface area (Å²) in [5.74, 6) is 0.138. The number of sulfone groups is 1. The molecule has 0 atom stereocenters. The fraction of sp³-hybridized carbons (Fsp3) is 0.538. The third-order valence-corrected chi connectivity index (χ3v) is 6.23. The van der Waals surface area contributed by atoms with Crippen LogP contribution in [0.25, 0.3) is 0 Å². The summed E-state index contributed by atoms with van der Waals surface area (Å²) < 4.78 is 25.3. The second-order valence-electron chi connectivity index (χ2n) is 5.15. The largest absolute Gasteiger partial charge is 0.399 e. The summed E-state index contributed by atoms with van der Waals surface area (Å²) >= 11 is 3.28. The Bertz CT molecular complexity index is 569. The van der Waals surface area contributed by atoms with E-state index in [1.54, 1.807) is 18.2 Å². The molecule has 0 spiro atoms. The molecule has 7 heteroatoms. The molecule has 5 nitrogen and oxygen atoms in total. The minimum absolute atomic E-state index is 0.138. The Kier molecular flexibility index (Phi) is 5.06. The van der Waals surface area contributed by atoms with Crippen molar-refractivity contribution >= 4 is 31.5 Å². The number of anilines is 1. The molecule has 1 saturated heterocycles. The van der Waals surface area contributed by atoms with E-state index in [4.69, 9.17) is 5.73 Å². The van der Waals surface area contributed by atoms with Crippen molar-refractivity contribution in [2.75, 3.05) is 51.3 Å². The van der Waals surface area contributed by atoms with E-state index in [2.05, 4.69) is 32.8 Å². The van der Waals surface area contributed by atoms with E-state index < -0.39 is 9.84 Å². The Morgan fingerprint density at radius 1 is 1.25 bits per heavy atom. The van der Waals surface area contributed by atoms with Gasteiger partial charge in [-0.15, -0.1) is 0 Å². The summed E-state index contributed by atoms with van der Waals surface area (Å²) in [6.07, 6.45) is 0. The number of likely N-dealkylation sites (N-methyl/N-ethyl adjacent to an activating group) is 1. The SMILES string of the molecule is CN1CCN(CCS(=O)(=O)c2ccc(N)cc2Br)CC1. The van der Waals surface area contributed by atoms with Crippen molar-refractivity contribution in [2.45, 2.75) is 4.90 Å². The molecule has 1 heterocycles. The van der Waals surface area contributed by atoms with Crippen LogP contribution in [0.1, 0.15) is 0 Å². The molecule has 0 amide bonds. The summed E-state index contributed by atoms with van der Waals surface area (Å²) in [4.78, 5) is 4.77. The van der Waals surface area contributed by atoms with Crippen LogP contribution < -0.4 is 5.73 Å². The van der Waals surface area contributed by atoms with E-state index in [0.717, 1.165) is 26.2 Å². The van der Waals surface area contributed by atoms with Crippen LogP contribution in [0.3, 0.4) is 0 Å². The summed E-state index contributed by atoms with van der Waals surface area (Å²) in [6.45, 7) is 4.41. The average Bonchev–Trinajstić information content (AvgIpc) is 2.37. The fourth-order valence-electron chi connectivity index (χ4n) is 2.20. The van der Waals surface area contributed by atoms with Crippen molar-refractivity contribution in [3.63, 3.8) is 0 Å². The Hall–Kier alpha value is -0.630. The first-order chi connectivity index (χ1) is 9.38. The van der Waals surface area contributed by atoms with Gasteiger partial charge in [-0.3, -0.25) is 4.90 Å². The zero-order valence-electron chi connectivity index (χ0n) is 11.5. The molecule has 1 fully saturated rings. The van der Waals surface area contributed by atoms with E-state index in [1.165, 1.54) is 0 Å². The lowest BCUT2D eigenvalue weighted by molar-refractivity contribution is 0.161. The van der Waals surface area contributed by atoms with Crippen molar-refractivity contribution in [3.05, 3.63) is 22.7 Å². The zero-order valence-corrected chi connectivity index (χ0v) is 14.0. The summed E-state index contributed by atoms with van der Waals surface area (Å²) in [5, 5.41) is 0. The van der Waals surface area contributed by atoms with Gasteiger partial charge in [-0.25, -0.2) is 8.42 Å². The molecule has 2 rings (SSSR count). The van der Waals surface area contributed by atoms with E-state index >= 15 is 0 Å². The lowest BCUT2D eigenvalue weighted by Crippen LogP contribution is -2.45. The van der Waals surface area contributed by atoms with Crippen LogP contribution in [0.4, 0.5) is 5.69 Å². The van der Waals surface area contributed by atoms with Gasteiger partial charge in [-0.1, -0.05) is 0 Å². The summed E-state index contributed by atoms with van der Waals surface area (Å²) in [5.41, 5.74) is 6.19. The first-order valence-electron chi connectivity index (χ1n) is 6.57. The van der Waals surface area contributed by atoms with Gasteiger partial charge in [0, 0.05) is 42.9 Å². The van der Waals surface area contributed by atoms with Crippen LogP contribution in [0.5, 0.6) is 0 Å². The average molecular weight is 362 g/mol. The van der Waals surface area contributed by atoms with Gasteiger partial charge in [0.2, 0.25) is 0 Å². The predicted octanol–water partition coefficient (Wildman–Crippen LogP) is 1.05. The molecule has 112 valence electrons. The van der Waals surface area contributed by atoms with Crippen LogP contribution in [-0.2, 0) is 9.84 Å². The molecular formula is C13H20BrN3O2S. The van der Waals surface area contributed by atoms with Gasteiger partial charge < -0.3 is 10.6 Å². The van der Waals surface area contributed by atoms with E-state index in [0.29, 0.717) is 21.6 Å². The van der Waals surface area contributed by atoms with Crippen LogP contribution in [0.15, 0.2) is 27.6 Å². The molecule has 20 heavy (non-hydrogen) atoms. The Morgan fingerprint density at radius 3 is 2.50 bits per heavy atom. The molecule has 1 aromatic carbocycles. The van der Waals surface area contributed by atoms with E-state index in [-0.39, 0.29) is 5.75 Å². The lowest BCUT2D eigenvalue weighted by atomic mass is 10.3. The van der Waals surface area contributed by atoms with Crippen LogP contribution in [0.2, 0.25) is 0 Å². The van der Waals surface area contributed by atoms with Crippen molar-refractivity contribution < 1.29 is 8.42 Å². The molecule has 0 radical (unpaired) electrons. The van der Waals surface area contributed by atoms with Gasteiger partial charge in [0.15, 0.2) is 9.84 Å². The Balaban J connectivity index is 2.00. The van der Waals surface area contributed by atoms with Gasteiger partial charge in [-0.2, -0.15) is 0 Å². The van der Waals surface area contributed by atoms with Gasteiger partial charge >= 0.3 is 0 Å². The quantitative estimate of drug-likeness (QED) is 0.812. The summed E-state index contributed by atoms with van der Waals surface area (Å²) in [7, 11) is -1.20. The van der Waals surface area contributed by atoms with E-state index in [9.17, 15) is 8.42 Å². The molecular weight excluding hydrogens is 342 g/mol. The molecule has 0 saturated carbocycles. The molecule has 0 aromatic heterocycles. The highest BCUT2D eigenvalue weighted by atomic mass is 79.9. The van der Waals surface area contributed by atoms with Crippen molar-refractivity contribution in [1.82, 2.24) is 9.80 Å². The minimum Gasteiger partial charge on any atom is -0.399 e. The van der Waals surface area contributed by atoms with E-state index in [1.807, 2.05) is 0 Å². The standard InChI is InChI=1S/C13H20BrN3O2S/c1-16-4-6-17(7-5-16)8-9-20(18,19)13-3-2-11(15)10-12(13)14/h2-3,10H,4-9,15H2,1H3. The molecule has 2 N–H and O–H groups in total. The number of hydrogen-bond donors (Lipinski definition) is 1. The van der Waals surface area contributed by atoms with Gasteiger partial charge in [-0.05, 0) is 41.2 Å². The molecule has 1 aliphatic heterocycles. The highest BCUT2D eigenvalue weighted by molar-refractivity contribution is 9.10. The normalized spacial score (nSPS) is 18.3. The maximum atomic E-state index is 12.4. The number of hydrogen-bond acceptors (Lipinski definition) is 5. The third kappa shape index (κ3) is 3.94. The van der Waals surface area contributed by atoms with Gasteiger partial charge in [0.05, 0.1) is 10.6 Å². The molecule has 0 aliphatic carbocycles. The first-order valence-corrected chi connectivity index (χ1v) is 9.02. The number of nitrogens with zero attached hydrogens (tertiary/aromatic N) is 2. The maximum Gasteiger partial charge on any atom is 0.180 e. The number of benzene rings is 1. The monoisotopic (exact) mass is 361 g/mol. The second-order valence-corrected chi connectivity index (χ2v) is 8.09. The van der Waals surface area contributed by atoms with Crippen LogP contribution >= 0.6 is 15.9 Å². The van der Waals surface area contributed by atoms with Crippen LogP contribution in [-0.4, -0.2) is 63.7 Å². The van der Waals surface area contributed by atoms with Crippen molar-refractivity contribution in [3.8, 4) is 0 Å². The number of rotatable bonds is 4. The highest BCUT2D eigenvalue weighted by Gasteiger charge is 2.21. The lowest BCUT2D eigenvalue weighted by Gasteiger charge is -2.32. The van der Waals surface area contributed by atoms with Crippen molar-refractivity contribution in [2.24, 2.45) is 0 Å². The van der Waals surface area contributed by atoms with Crippen LogP contribution in [0, 0.1) is 0 Å². The first kappa shape index (κ1) is 15.8. The summed E-state index contributed by atoms with van der Waals surface area (Å²) in [6, 6.07) is 4.81. The number of nitrogens with two attached hydrogens (primary N) is 1. The fourth-order valence-corrected chi connectivity index (χ4v) is 4.69. The maximum absolute atomic E-state index is 12.4. The predicted molar refractivity (Wildman–Crippen MR) is 84.5 cm³/mol. The number of piperazine rings is 1. The molecule has 1 aliphatic rings. The smallest absolute Gasteiger partial charge is 0.180 e. The Labute approximate surface area is 128 Å². The molecule has 1 aromatic rings. The van der Waals surface area contributed by atoms with Crippen molar-refractivity contribution in [1.29, 1.82) is 0 Å². The third-order valence-electron chi connectivity index (χ3n) is 3.56. The molecule has 0 bridgehead atoms. The zero-order chi connectivity index (χ0) is 14.8.